The summed E-state index contributed by atoms with van der Waals surface area (Å²) in [4.78, 5) is 35.3. The van der Waals surface area contributed by atoms with E-state index in [1.165, 1.54) is 38.5 Å². The Morgan fingerprint density at radius 1 is 0.815 bits per heavy atom. The van der Waals surface area contributed by atoms with E-state index in [2.05, 4.69) is 0 Å². The molecule has 6 heteroatoms. The summed E-state index contributed by atoms with van der Waals surface area (Å²) in [5, 5.41) is 0. The molecule has 4 aliphatic carbocycles. The van der Waals surface area contributed by atoms with Gasteiger partial charge in [0.05, 0.1) is 19.4 Å². The van der Waals surface area contributed by atoms with Gasteiger partial charge in [0.1, 0.15) is 5.60 Å². The molecule has 0 atom stereocenters. The maximum absolute atomic E-state index is 12.0. The predicted molar refractivity (Wildman–Crippen MR) is 97.6 cm³/mol. The van der Waals surface area contributed by atoms with Crippen LogP contribution in [0.5, 0.6) is 0 Å². The van der Waals surface area contributed by atoms with E-state index in [9.17, 15) is 14.4 Å². The second kappa shape index (κ2) is 7.80. The highest BCUT2D eigenvalue weighted by Crippen LogP contribution is 2.60. The molecule has 4 saturated carbocycles. The van der Waals surface area contributed by atoms with Gasteiger partial charge in [-0.15, -0.1) is 0 Å². The number of esters is 3. The van der Waals surface area contributed by atoms with Crippen molar-refractivity contribution in [3.63, 3.8) is 0 Å². The molecule has 0 amide bonds. The summed E-state index contributed by atoms with van der Waals surface area (Å²) in [6.07, 6.45) is 7.53. The first-order valence-electron chi connectivity index (χ1n) is 10.2. The first-order chi connectivity index (χ1) is 12.6. The highest BCUT2D eigenvalue weighted by Gasteiger charge is 2.51. The fraction of sp³-hybridized carbons (Fsp3) is 0.857. The Kier molecular flexibility index (Phi) is 5.82. The van der Waals surface area contributed by atoms with Gasteiger partial charge in [-0.3, -0.25) is 9.59 Å². The summed E-state index contributed by atoms with van der Waals surface area (Å²) in [6.45, 7) is 5.28. The summed E-state index contributed by atoms with van der Waals surface area (Å²) in [5.74, 6) is 0.904. The third kappa shape index (κ3) is 5.69. The molecule has 0 unspecified atom stereocenters. The molecule has 27 heavy (non-hydrogen) atoms. The molecule has 6 nitrogen and oxygen atoms in total. The van der Waals surface area contributed by atoms with Gasteiger partial charge in [-0.1, -0.05) is 0 Å². The largest absolute Gasteiger partial charge is 0.465 e. The standard InChI is InChI=1S/C21H32O6/c1-20(2,3)27-19(24)12-25-17(22)4-5-18(23)26-13-21-9-14-6-15(10-21)8-16(7-14)11-21/h14-16H,4-13H2,1-3H3. The lowest BCUT2D eigenvalue weighted by Crippen LogP contribution is -2.48. The van der Waals surface area contributed by atoms with Crippen LogP contribution in [0.1, 0.15) is 72.1 Å². The average molecular weight is 380 g/mol. The zero-order chi connectivity index (χ0) is 19.7. The lowest BCUT2D eigenvalue weighted by molar-refractivity contribution is -0.167. The SMILES string of the molecule is CC(C)(C)OC(=O)COC(=O)CCC(=O)OCC12CC3CC(CC(C3)C1)C2. The quantitative estimate of drug-likeness (QED) is 0.497. The van der Waals surface area contributed by atoms with Crippen molar-refractivity contribution in [3.05, 3.63) is 0 Å². The van der Waals surface area contributed by atoms with Crippen LogP contribution in [0.4, 0.5) is 0 Å². The smallest absolute Gasteiger partial charge is 0.344 e. The molecular weight excluding hydrogens is 348 g/mol. The van der Waals surface area contributed by atoms with E-state index in [4.69, 9.17) is 14.2 Å². The van der Waals surface area contributed by atoms with Gasteiger partial charge < -0.3 is 14.2 Å². The van der Waals surface area contributed by atoms with E-state index >= 15 is 0 Å². The summed E-state index contributed by atoms with van der Waals surface area (Å²) in [5.41, 5.74) is -0.438. The normalized spacial score (nSPS) is 31.4. The van der Waals surface area contributed by atoms with Crippen LogP contribution < -0.4 is 0 Å². The van der Waals surface area contributed by atoms with Crippen LogP contribution in [0, 0.1) is 23.2 Å². The molecule has 0 aromatic rings. The predicted octanol–water partition coefficient (Wildman–Crippen LogP) is 3.41. The molecule has 0 aliphatic heterocycles. The van der Waals surface area contributed by atoms with E-state index in [1.807, 2.05) is 0 Å². The second-order valence-corrected chi connectivity index (χ2v) is 9.83. The van der Waals surface area contributed by atoms with Crippen LogP contribution >= 0.6 is 0 Å². The summed E-state index contributed by atoms with van der Waals surface area (Å²) in [7, 11) is 0. The van der Waals surface area contributed by atoms with Crippen LogP contribution in [0.2, 0.25) is 0 Å². The Balaban J connectivity index is 1.33. The number of carbonyl (C=O) groups is 3. The Labute approximate surface area is 161 Å². The van der Waals surface area contributed by atoms with Gasteiger partial charge in [0.25, 0.3) is 0 Å². The van der Waals surface area contributed by atoms with Gasteiger partial charge in [-0.25, -0.2) is 4.79 Å². The lowest BCUT2D eigenvalue weighted by Gasteiger charge is -2.56. The number of carbonyl (C=O) groups excluding carboxylic acids is 3. The Bertz CT molecular complexity index is 553. The number of hydrogen-bond donors (Lipinski definition) is 0. The van der Waals surface area contributed by atoms with Gasteiger partial charge >= 0.3 is 17.9 Å². The van der Waals surface area contributed by atoms with E-state index in [-0.39, 0.29) is 24.2 Å². The summed E-state index contributed by atoms with van der Waals surface area (Å²) >= 11 is 0. The monoisotopic (exact) mass is 380 g/mol. The van der Waals surface area contributed by atoms with Crippen LogP contribution in [-0.2, 0) is 28.6 Å². The van der Waals surface area contributed by atoms with Crippen molar-refractivity contribution >= 4 is 17.9 Å². The Morgan fingerprint density at radius 3 is 1.78 bits per heavy atom. The van der Waals surface area contributed by atoms with Crippen molar-refractivity contribution in [2.45, 2.75) is 77.7 Å². The van der Waals surface area contributed by atoms with E-state index in [0.717, 1.165) is 17.8 Å². The van der Waals surface area contributed by atoms with Crippen LogP contribution in [0.3, 0.4) is 0 Å². The van der Waals surface area contributed by atoms with Gasteiger partial charge in [0, 0.05) is 5.41 Å². The maximum atomic E-state index is 12.0. The molecule has 0 aromatic heterocycles. The van der Waals surface area contributed by atoms with Crippen molar-refractivity contribution in [2.24, 2.45) is 23.2 Å². The molecule has 152 valence electrons. The fourth-order valence-electron chi connectivity index (χ4n) is 5.56. The van der Waals surface area contributed by atoms with Crippen molar-refractivity contribution in [2.75, 3.05) is 13.2 Å². The highest BCUT2D eigenvalue weighted by molar-refractivity contribution is 5.80. The lowest BCUT2D eigenvalue weighted by atomic mass is 9.50. The first kappa shape index (κ1) is 20.2. The number of ether oxygens (including phenoxy) is 3. The van der Waals surface area contributed by atoms with E-state index in [0.29, 0.717) is 6.61 Å². The molecule has 4 fully saturated rings. The zero-order valence-electron chi connectivity index (χ0n) is 16.8. The molecule has 0 spiro atoms. The van der Waals surface area contributed by atoms with E-state index in [1.54, 1.807) is 20.8 Å². The first-order valence-corrected chi connectivity index (χ1v) is 10.2. The molecule has 4 aliphatic rings. The molecule has 0 heterocycles. The third-order valence-corrected chi connectivity index (χ3v) is 6.01. The van der Waals surface area contributed by atoms with E-state index < -0.39 is 24.1 Å². The van der Waals surface area contributed by atoms with Crippen molar-refractivity contribution in [1.82, 2.24) is 0 Å². The third-order valence-electron chi connectivity index (χ3n) is 6.01. The molecule has 4 bridgehead atoms. The molecule has 0 aromatic carbocycles. The molecule has 0 N–H and O–H groups in total. The minimum absolute atomic E-state index is 0.0144. The Morgan fingerprint density at radius 2 is 1.30 bits per heavy atom. The maximum Gasteiger partial charge on any atom is 0.344 e. The molecule has 0 saturated heterocycles. The van der Waals surface area contributed by atoms with Crippen molar-refractivity contribution in [1.29, 1.82) is 0 Å². The number of hydrogen-bond acceptors (Lipinski definition) is 6. The zero-order valence-corrected chi connectivity index (χ0v) is 16.8. The van der Waals surface area contributed by atoms with Crippen molar-refractivity contribution < 1.29 is 28.6 Å². The van der Waals surface area contributed by atoms with Crippen molar-refractivity contribution in [3.8, 4) is 0 Å². The molecule has 0 radical (unpaired) electrons. The topological polar surface area (TPSA) is 78.9 Å². The van der Waals surface area contributed by atoms with Crippen LogP contribution in [0.25, 0.3) is 0 Å². The second-order valence-electron chi connectivity index (χ2n) is 9.83. The van der Waals surface area contributed by atoms with Gasteiger partial charge in [0.15, 0.2) is 6.61 Å². The summed E-state index contributed by atoms with van der Waals surface area (Å²) in [6, 6.07) is 0. The Hall–Kier alpha value is -1.59. The average Bonchev–Trinajstić information content (AvgIpc) is 2.53. The molecule has 4 rings (SSSR count). The molecular formula is C21H32O6. The fourth-order valence-corrected chi connectivity index (χ4v) is 5.56. The minimum atomic E-state index is -0.620. The van der Waals surface area contributed by atoms with Gasteiger partial charge in [-0.05, 0) is 77.0 Å². The highest BCUT2D eigenvalue weighted by atomic mass is 16.6. The summed E-state index contributed by atoms with van der Waals surface area (Å²) < 4.78 is 15.4. The van der Waals surface area contributed by atoms with Gasteiger partial charge in [-0.2, -0.15) is 0 Å². The minimum Gasteiger partial charge on any atom is -0.465 e. The van der Waals surface area contributed by atoms with Crippen LogP contribution in [-0.4, -0.2) is 36.7 Å². The van der Waals surface area contributed by atoms with Crippen LogP contribution in [0.15, 0.2) is 0 Å². The number of rotatable bonds is 7. The van der Waals surface area contributed by atoms with Gasteiger partial charge in [0.2, 0.25) is 0 Å².